The first-order valence-corrected chi connectivity index (χ1v) is 10.7. The molecule has 4 aromatic rings. The van der Waals surface area contributed by atoms with Crippen molar-refractivity contribution in [2.24, 2.45) is 5.73 Å². The number of nitrogen functional groups attached to an aromatic ring is 1. The molecule has 0 bridgehead atoms. The van der Waals surface area contributed by atoms with Crippen molar-refractivity contribution in [3.05, 3.63) is 95.6 Å². The highest BCUT2D eigenvalue weighted by Gasteiger charge is 2.20. The molecule has 0 aromatic heterocycles. The van der Waals surface area contributed by atoms with Crippen LogP contribution in [0, 0.1) is 5.41 Å². The van der Waals surface area contributed by atoms with Gasteiger partial charge in [-0.3, -0.25) is 10.2 Å². The van der Waals surface area contributed by atoms with Gasteiger partial charge in [0.25, 0.3) is 5.91 Å². The summed E-state index contributed by atoms with van der Waals surface area (Å²) in [6.45, 7) is 0.0403. The van der Waals surface area contributed by atoms with Crippen molar-refractivity contribution in [1.82, 2.24) is 0 Å². The van der Waals surface area contributed by atoms with Crippen molar-refractivity contribution in [2.75, 3.05) is 19.2 Å². The first-order chi connectivity index (χ1) is 16.9. The van der Waals surface area contributed by atoms with E-state index < -0.39 is 11.9 Å². The number of aromatic carboxylic acids is 1. The largest absolute Gasteiger partial charge is 0.478 e. The molecule has 176 valence electrons. The first kappa shape index (κ1) is 23.5. The highest BCUT2D eigenvalue weighted by molar-refractivity contribution is 6.13. The summed E-state index contributed by atoms with van der Waals surface area (Å²) in [5.74, 6) is -1.04. The molecule has 0 unspecified atom stereocenters. The summed E-state index contributed by atoms with van der Waals surface area (Å²) in [6, 6.07) is 22.0. The van der Waals surface area contributed by atoms with Crippen LogP contribution in [0.2, 0.25) is 0 Å². The maximum atomic E-state index is 13.4. The van der Waals surface area contributed by atoms with Crippen LogP contribution in [0.1, 0.15) is 26.3 Å². The minimum absolute atomic E-state index is 0.0403. The van der Waals surface area contributed by atoms with Gasteiger partial charge in [0.2, 0.25) is 0 Å². The van der Waals surface area contributed by atoms with Gasteiger partial charge in [0.1, 0.15) is 11.6 Å². The van der Waals surface area contributed by atoms with E-state index in [0.717, 1.165) is 5.39 Å². The van der Waals surface area contributed by atoms with Crippen molar-refractivity contribution < 1.29 is 24.2 Å². The molecule has 8 nitrogen and oxygen atoms in total. The Balaban J connectivity index is 1.86. The van der Waals surface area contributed by atoms with Gasteiger partial charge in [-0.25, -0.2) is 4.79 Å². The van der Waals surface area contributed by atoms with E-state index in [9.17, 15) is 14.7 Å². The Labute approximate surface area is 201 Å². The predicted molar refractivity (Wildman–Crippen MR) is 134 cm³/mol. The Morgan fingerprint density at radius 2 is 1.69 bits per heavy atom. The number of methoxy groups -OCH3 is 1. The average Bonchev–Trinajstić information content (AvgIpc) is 2.86. The fraction of sp³-hybridized carbons (Fsp3) is 0.0741. The fourth-order valence-electron chi connectivity index (χ4n) is 3.79. The minimum atomic E-state index is -1.10. The van der Waals surface area contributed by atoms with Crippen LogP contribution in [0.5, 0.6) is 5.75 Å². The number of nitrogens with one attached hydrogen (secondary N) is 2. The monoisotopic (exact) mass is 469 g/mol. The second-order valence-corrected chi connectivity index (χ2v) is 7.72. The maximum Gasteiger partial charge on any atom is 0.336 e. The molecule has 0 spiro atoms. The molecule has 8 heteroatoms. The molecule has 0 aliphatic heterocycles. The van der Waals surface area contributed by atoms with E-state index in [1.165, 1.54) is 13.2 Å². The van der Waals surface area contributed by atoms with E-state index in [4.69, 9.17) is 20.6 Å². The summed E-state index contributed by atoms with van der Waals surface area (Å²) in [5.41, 5.74) is 7.77. The summed E-state index contributed by atoms with van der Waals surface area (Å²) in [5, 5.41) is 21.6. The molecule has 35 heavy (non-hydrogen) atoms. The maximum absolute atomic E-state index is 13.4. The molecule has 0 aliphatic rings. The van der Waals surface area contributed by atoms with Gasteiger partial charge in [0, 0.05) is 29.3 Å². The number of amidine groups is 1. The quantitative estimate of drug-likeness (QED) is 0.167. The van der Waals surface area contributed by atoms with E-state index in [1.54, 1.807) is 66.7 Å². The first-order valence-electron chi connectivity index (χ1n) is 10.7. The van der Waals surface area contributed by atoms with E-state index in [0.29, 0.717) is 39.1 Å². The third-order valence-electron chi connectivity index (χ3n) is 5.46. The Morgan fingerprint density at radius 1 is 0.943 bits per heavy atom. The van der Waals surface area contributed by atoms with Crippen LogP contribution >= 0.6 is 0 Å². The van der Waals surface area contributed by atoms with Gasteiger partial charge >= 0.3 is 5.97 Å². The normalized spacial score (nSPS) is 10.7. The number of carboxylic acids is 1. The van der Waals surface area contributed by atoms with Gasteiger partial charge < -0.3 is 25.6 Å². The number of carbonyl (C=O) groups is 2. The van der Waals surface area contributed by atoms with Crippen molar-refractivity contribution in [1.29, 1.82) is 5.41 Å². The number of rotatable bonds is 8. The Hall–Kier alpha value is -4.69. The zero-order chi connectivity index (χ0) is 24.9. The summed E-state index contributed by atoms with van der Waals surface area (Å²) >= 11 is 0. The van der Waals surface area contributed by atoms with Gasteiger partial charge in [0.15, 0.2) is 6.79 Å². The molecule has 4 aromatic carbocycles. The second-order valence-electron chi connectivity index (χ2n) is 7.72. The Bertz CT molecular complexity index is 1430. The van der Waals surface area contributed by atoms with Crippen LogP contribution in [0.25, 0.3) is 21.9 Å². The Morgan fingerprint density at radius 3 is 2.37 bits per heavy atom. The van der Waals surface area contributed by atoms with Gasteiger partial charge in [-0.05, 0) is 65.0 Å². The van der Waals surface area contributed by atoms with Gasteiger partial charge in [-0.15, -0.1) is 0 Å². The lowest BCUT2D eigenvalue weighted by Crippen LogP contribution is -2.15. The lowest BCUT2D eigenvalue weighted by atomic mass is 9.91. The number of hydrogen-bond acceptors (Lipinski definition) is 5. The number of anilines is 1. The van der Waals surface area contributed by atoms with Crippen LogP contribution < -0.4 is 15.8 Å². The molecule has 0 fully saturated rings. The fourth-order valence-corrected chi connectivity index (χ4v) is 3.79. The van der Waals surface area contributed by atoms with Gasteiger partial charge in [-0.1, -0.05) is 30.3 Å². The zero-order valence-electron chi connectivity index (χ0n) is 18.9. The summed E-state index contributed by atoms with van der Waals surface area (Å²) in [7, 11) is 1.52. The highest BCUT2D eigenvalue weighted by atomic mass is 16.7. The number of fused-ring (bicyclic) bond motifs is 1. The molecule has 0 radical (unpaired) electrons. The zero-order valence-corrected chi connectivity index (χ0v) is 18.9. The number of ether oxygens (including phenoxy) is 2. The standard InChI is InChI=1S/C27H23N3O5/c1-34-15-35-24-8-4-5-17-13-23(26(31)30-18-11-9-16(10-12-18)25(28)29)22(14-21(17)24)19-6-2-3-7-20(19)27(32)33/h2-14H,15H2,1H3,(H3,28,29)(H,30,31)(H,32,33). The van der Waals surface area contributed by atoms with Gasteiger partial charge in [0.05, 0.1) is 5.56 Å². The smallest absolute Gasteiger partial charge is 0.336 e. The second kappa shape index (κ2) is 10.1. The van der Waals surface area contributed by atoms with Crippen LogP contribution in [0.3, 0.4) is 0 Å². The number of nitrogens with two attached hydrogens (primary N) is 1. The van der Waals surface area contributed by atoms with Crippen LogP contribution in [-0.2, 0) is 4.74 Å². The molecule has 4 rings (SSSR count). The minimum Gasteiger partial charge on any atom is -0.478 e. The highest BCUT2D eigenvalue weighted by Crippen LogP contribution is 2.35. The van der Waals surface area contributed by atoms with E-state index in [2.05, 4.69) is 5.32 Å². The molecular formula is C27H23N3O5. The topological polar surface area (TPSA) is 135 Å². The summed E-state index contributed by atoms with van der Waals surface area (Å²) in [6.07, 6.45) is 0. The number of carbonyl (C=O) groups excluding carboxylic acids is 1. The molecule has 0 saturated carbocycles. The average molecular weight is 469 g/mol. The summed E-state index contributed by atoms with van der Waals surface area (Å²) < 4.78 is 10.7. The van der Waals surface area contributed by atoms with Crippen molar-refractivity contribution in [3.8, 4) is 16.9 Å². The molecule has 5 N–H and O–H groups in total. The molecule has 0 saturated heterocycles. The molecule has 0 aliphatic carbocycles. The van der Waals surface area contributed by atoms with Crippen molar-refractivity contribution in [3.63, 3.8) is 0 Å². The number of carboxylic acid groups (broad SMARTS) is 1. The van der Waals surface area contributed by atoms with E-state index in [1.807, 2.05) is 6.07 Å². The van der Waals surface area contributed by atoms with Gasteiger partial charge in [-0.2, -0.15) is 0 Å². The number of amides is 1. The third-order valence-corrected chi connectivity index (χ3v) is 5.46. The Kier molecular flexibility index (Phi) is 6.75. The van der Waals surface area contributed by atoms with Crippen molar-refractivity contribution >= 4 is 34.2 Å². The number of benzene rings is 4. The SMILES string of the molecule is COCOc1cccc2cc(C(=O)Nc3ccc(C(=N)N)cc3)c(-c3ccccc3C(=O)O)cc12. The molecular weight excluding hydrogens is 446 g/mol. The number of hydrogen-bond donors (Lipinski definition) is 4. The third kappa shape index (κ3) is 4.97. The molecule has 0 atom stereocenters. The van der Waals surface area contributed by atoms with Crippen LogP contribution in [0.15, 0.2) is 78.9 Å². The lowest BCUT2D eigenvalue weighted by molar-refractivity contribution is 0.0522. The predicted octanol–water partition coefficient (Wildman–Crippen LogP) is 4.72. The molecule has 0 heterocycles. The van der Waals surface area contributed by atoms with Crippen LogP contribution in [0.4, 0.5) is 5.69 Å². The van der Waals surface area contributed by atoms with E-state index >= 15 is 0 Å². The molecule has 1 amide bonds. The van der Waals surface area contributed by atoms with Crippen molar-refractivity contribution in [2.45, 2.75) is 0 Å². The lowest BCUT2D eigenvalue weighted by Gasteiger charge is -2.16. The summed E-state index contributed by atoms with van der Waals surface area (Å²) in [4.78, 5) is 25.4. The van der Waals surface area contributed by atoms with Crippen LogP contribution in [-0.4, -0.2) is 36.7 Å². The van der Waals surface area contributed by atoms with E-state index in [-0.39, 0.29) is 18.2 Å².